The average Bonchev–Trinajstić information content (AvgIpc) is 2.92. The van der Waals surface area contributed by atoms with Gasteiger partial charge in [-0.25, -0.2) is 17.1 Å². The fourth-order valence-electron chi connectivity index (χ4n) is 2.81. The summed E-state index contributed by atoms with van der Waals surface area (Å²) in [5, 5.41) is 0. The van der Waals surface area contributed by atoms with Gasteiger partial charge in [-0.3, -0.25) is 0 Å². The highest BCUT2D eigenvalue weighted by Gasteiger charge is 2.24. The summed E-state index contributed by atoms with van der Waals surface area (Å²) in [5.74, 6) is -0.215. The smallest absolute Gasteiger partial charge is 0.242 e. The molecule has 2 aromatic rings. The molecule has 3 rings (SSSR count). The van der Waals surface area contributed by atoms with Gasteiger partial charge in [-0.1, -0.05) is 18.2 Å². The Hall–Kier alpha value is -1.92. The molecule has 1 heterocycles. The van der Waals surface area contributed by atoms with Crippen LogP contribution in [0.4, 0.5) is 10.1 Å². The van der Waals surface area contributed by atoms with E-state index in [1.54, 1.807) is 24.3 Å². The first-order valence-electron chi connectivity index (χ1n) is 7.43. The number of sulfonamides is 1. The molecule has 0 radical (unpaired) electrons. The molecule has 1 aliphatic rings. The van der Waals surface area contributed by atoms with E-state index >= 15 is 0 Å². The van der Waals surface area contributed by atoms with Crippen molar-refractivity contribution in [1.29, 1.82) is 0 Å². The molecule has 4 nitrogen and oxygen atoms in total. The molecule has 0 bridgehead atoms. The number of hydrogen-bond donors (Lipinski definition) is 0. The van der Waals surface area contributed by atoms with E-state index in [1.165, 1.54) is 24.5 Å². The van der Waals surface area contributed by atoms with Crippen molar-refractivity contribution >= 4 is 15.7 Å². The van der Waals surface area contributed by atoms with Gasteiger partial charge in [0.15, 0.2) is 0 Å². The van der Waals surface area contributed by atoms with Crippen LogP contribution in [0, 0.1) is 5.82 Å². The van der Waals surface area contributed by atoms with E-state index in [-0.39, 0.29) is 5.82 Å². The zero-order valence-corrected chi connectivity index (χ0v) is 14.0. The molecule has 0 fully saturated rings. The lowest BCUT2D eigenvalue weighted by molar-refractivity contribution is 0.520. The molecule has 23 heavy (non-hydrogen) atoms. The van der Waals surface area contributed by atoms with Crippen LogP contribution in [0.1, 0.15) is 11.1 Å². The molecule has 0 aromatic heterocycles. The zero-order chi connectivity index (χ0) is 16.6. The average molecular weight is 334 g/mol. The van der Waals surface area contributed by atoms with Crippen molar-refractivity contribution in [3.05, 3.63) is 59.4 Å². The summed E-state index contributed by atoms with van der Waals surface area (Å²) in [6, 6.07) is 11.9. The van der Waals surface area contributed by atoms with Gasteiger partial charge in [-0.15, -0.1) is 0 Å². The zero-order valence-electron chi connectivity index (χ0n) is 13.2. The van der Waals surface area contributed by atoms with Crippen LogP contribution in [0.5, 0.6) is 0 Å². The molecule has 1 aliphatic heterocycles. The van der Waals surface area contributed by atoms with Gasteiger partial charge in [0, 0.05) is 38.4 Å². The van der Waals surface area contributed by atoms with Crippen molar-refractivity contribution in [2.45, 2.75) is 17.9 Å². The van der Waals surface area contributed by atoms with E-state index in [0.29, 0.717) is 17.0 Å². The quantitative estimate of drug-likeness (QED) is 0.863. The van der Waals surface area contributed by atoms with Crippen molar-refractivity contribution in [2.75, 3.05) is 25.5 Å². The number of rotatable bonds is 4. The lowest BCUT2D eigenvalue weighted by Gasteiger charge is -2.20. The second-order valence-electron chi connectivity index (χ2n) is 5.84. The standard InChI is InChI=1S/C17H19FN2O2S/c1-19(2)23(21,22)15-7-8-17-13(11-15)9-10-20(17)12-14-5-3-4-6-16(14)18/h3-8,11H,9-10,12H2,1-2H3. The molecule has 0 saturated carbocycles. The molecule has 0 amide bonds. The van der Waals surface area contributed by atoms with Gasteiger partial charge >= 0.3 is 0 Å². The SMILES string of the molecule is CN(C)S(=O)(=O)c1ccc2c(c1)CCN2Cc1ccccc1F. The van der Waals surface area contributed by atoms with E-state index in [4.69, 9.17) is 0 Å². The molecule has 0 unspecified atom stereocenters. The summed E-state index contributed by atoms with van der Waals surface area (Å²) in [6.07, 6.45) is 0.764. The van der Waals surface area contributed by atoms with Crippen LogP contribution in [-0.2, 0) is 23.0 Å². The second-order valence-corrected chi connectivity index (χ2v) is 7.99. The summed E-state index contributed by atoms with van der Waals surface area (Å²) < 4.78 is 39.4. The normalized spacial score (nSPS) is 14.3. The fraction of sp³-hybridized carbons (Fsp3) is 0.294. The van der Waals surface area contributed by atoms with Gasteiger partial charge < -0.3 is 4.90 Å². The van der Waals surface area contributed by atoms with Gasteiger partial charge in [-0.2, -0.15) is 0 Å². The fourth-order valence-corrected chi connectivity index (χ4v) is 3.77. The second kappa shape index (κ2) is 5.94. The van der Waals surface area contributed by atoms with Gasteiger partial charge in [0.2, 0.25) is 10.0 Å². The van der Waals surface area contributed by atoms with E-state index < -0.39 is 10.0 Å². The third-order valence-electron chi connectivity index (χ3n) is 4.14. The summed E-state index contributed by atoms with van der Waals surface area (Å²) in [5.41, 5.74) is 2.61. The highest BCUT2D eigenvalue weighted by atomic mass is 32.2. The van der Waals surface area contributed by atoms with Gasteiger partial charge in [0.05, 0.1) is 4.90 Å². The van der Waals surface area contributed by atoms with E-state index in [0.717, 1.165) is 24.2 Å². The van der Waals surface area contributed by atoms with Crippen LogP contribution in [0.2, 0.25) is 0 Å². The van der Waals surface area contributed by atoms with E-state index in [1.807, 2.05) is 12.1 Å². The largest absolute Gasteiger partial charge is 0.367 e. The predicted molar refractivity (Wildman–Crippen MR) is 88.5 cm³/mol. The Labute approximate surface area is 136 Å². The number of anilines is 1. The summed E-state index contributed by atoms with van der Waals surface area (Å²) >= 11 is 0. The van der Waals surface area contributed by atoms with Crippen molar-refractivity contribution in [1.82, 2.24) is 4.31 Å². The molecule has 2 aromatic carbocycles. The maximum atomic E-state index is 13.8. The highest BCUT2D eigenvalue weighted by molar-refractivity contribution is 7.89. The summed E-state index contributed by atoms with van der Waals surface area (Å²) in [6.45, 7) is 1.24. The number of hydrogen-bond acceptors (Lipinski definition) is 3. The lowest BCUT2D eigenvalue weighted by Crippen LogP contribution is -2.22. The molecule has 0 N–H and O–H groups in total. The number of halogens is 1. The Morgan fingerprint density at radius 2 is 1.91 bits per heavy atom. The topological polar surface area (TPSA) is 40.6 Å². The van der Waals surface area contributed by atoms with Gasteiger partial charge in [0.25, 0.3) is 0 Å². The highest BCUT2D eigenvalue weighted by Crippen LogP contribution is 2.32. The van der Waals surface area contributed by atoms with Crippen LogP contribution >= 0.6 is 0 Å². The van der Waals surface area contributed by atoms with Crippen LogP contribution in [-0.4, -0.2) is 33.4 Å². The van der Waals surface area contributed by atoms with Crippen molar-refractivity contribution < 1.29 is 12.8 Å². The molecule has 0 saturated heterocycles. The number of nitrogens with zero attached hydrogens (tertiary/aromatic N) is 2. The molecule has 6 heteroatoms. The molecule has 122 valence electrons. The van der Waals surface area contributed by atoms with Crippen molar-refractivity contribution in [3.63, 3.8) is 0 Å². The van der Waals surface area contributed by atoms with Crippen LogP contribution in [0.3, 0.4) is 0 Å². The number of fused-ring (bicyclic) bond motifs is 1. The first kappa shape index (κ1) is 16.0. The number of benzene rings is 2. The maximum absolute atomic E-state index is 13.8. The Balaban J connectivity index is 1.89. The summed E-state index contributed by atoms with van der Waals surface area (Å²) in [7, 11) is -0.385. The molecular weight excluding hydrogens is 315 g/mol. The Kier molecular flexibility index (Phi) is 4.12. The van der Waals surface area contributed by atoms with E-state index in [2.05, 4.69) is 4.90 Å². The first-order chi connectivity index (χ1) is 10.9. The third kappa shape index (κ3) is 2.96. The minimum atomic E-state index is -3.43. The minimum absolute atomic E-state index is 0.215. The van der Waals surface area contributed by atoms with Crippen LogP contribution in [0.15, 0.2) is 47.4 Å². The molecule has 0 atom stereocenters. The maximum Gasteiger partial charge on any atom is 0.242 e. The monoisotopic (exact) mass is 334 g/mol. The van der Waals surface area contributed by atoms with Crippen molar-refractivity contribution in [3.8, 4) is 0 Å². The van der Waals surface area contributed by atoms with E-state index in [9.17, 15) is 12.8 Å². The van der Waals surface area contributed by atoms with Crippen molar-refractivity contribution in [2.24, 2.45) is 0 Å². The van der Waals surface area contributed by atoms with Gasteiger partial charge in [0.1, 0.15) is 5.82 Å². The Bertz CT molecular complexity index is 834. The summed E-state index contributed by atoms with van der Waals surface area (Å²) in [4.78, 5) is 2.38. The van der Waals surface area contributed by atoms with Crippen LogP contribution in [0.25, 0.3) is 0 Å². The molecular formula is C17H19FN2O2S. The molecule has 0 aliphatic carbocycles. The van der Waals surface area contributed by atoms with Gasteiger partial charge in [-0.05, 0) is 36.2 Å². The minimum Gasteiger partial charge on any atom is -0.367 e. The third-order valence-corrected chi connectivity index (χ3v) is 5.95. The Morgan fingerprint density at radius 3 is 2.61 bits per heavy atom. The lowest BCUT2D eigenvalue weighted by atomic mass is 10.1. The predicted octanol–water partition coefficient (Wildman–Crippen LogP) is 2.64. The first-order valence-corrected chi connectivity index (χ1v) is 8.87. The van der Waals surface area contributed by atoms with Crippen LogP contribution < -0.4 is 4.90 Å². The Morgan fingerprint density at radius 1 is 1.17 bits per heavy atom. The molecule has 0 spiro atoms.